The van der Waals surface area contributed by atoms with E-state index in [4.69, 9.17) is 4.74 Å². The Morgan fingerprint density at radius 2 is 1.82 bits per heavy atom. The molecule has 0 spiro atoms. The predicted octanol–water partition coefficient (Wildman–Crippen LogP) is 4.77. The van der Waals surface area contributed by atoms with Gasteiger partial charge in [0.15, 0.2) is 0 Å². The van der Waals surface area contributed by atoms with Gasteiger partial charge in [-0.25, -0.2) is 4.39 Å². The Bertz CT molecular complexity index is 1130. The van der Waals surface area contributed by atoms with Crippen LogP contribution in [-0.4, -0.2) is 24.5 Å². The van der Waals surface area contributed by atoms with Gasteiger partial charge in [-0.3, -0.25) is 9.59 Å². The quantitative estimate of drug-likeness (QED) is 0.550. The summed E-state index contributed by atoms with van der Waals surface area (Å²) < 4.78 is 19.7. The zero-order chi connectivity index (χ0) is 23.2. The average molecular weight is 447 g/mol. The predicted molar refractivity (Wildman–Crippen MR) is 126 cm³/mol. The third-order valence-electron chi connectivity index (χ3n) is 5.81. The monoisotopic (exact) mass is 446 g/mol. The van der Waals surface area contributed by atoms with Crippen molar-refractivity contribution in [1.82, 2.24) is 5.32 Å². The molecule has 2 atom stereocenters. The molecule has 33 heavy (non-hydrogen) atoms. The molecule has 3 aromatic rings. The molecular weight excluding hydrogens is 419 g/mol. The number of halogens is 1. The molecule has 0 unspecified atom stereocenters. The molecule has 4 rings (SSSR count). The zero-order valence-corrected chi connectivity index (χ0v) is 18.5. The summed E-state index contributed by atoms with van der Waals surface area (Å²) >= 11 is 0. The van der Waals surface area contributed by atoms with Gasteiger partial charge in [0, 0.05) is 11.7 Å². The smallest absolute Gasteiger partial charge is 0.258 e. The summed E-state index contributed by atoms with van der Waals surface area (Å²) in [5.74, 6) is -0.753. The fourth-order valence-electron chi connectivity index (χ4n) is 3.95. The average Bonchev–Trinajstić information content (AvgIpc) is 2.83. The lowest BCUT2D eigenvalue weighted by Gasteiger charge is -2.26. The van der Waals surface area contributed by atoms with E-state index in [1.807, 2.05) is 25.1 Å². The lowest BCUT2D eigenvalue weighted by atomic mass is 9.95. The largest absolute Gasteiger partial charge is 0.492 e. The second-order valence-corrected chi connectivity index (χ2v) is 8.40. The minimum atomic E-state index is -0.575. The number of carbonyl (C=O) groups excluding carboxylic acids is 2. The molecule has 5 nitrogen and oxygen atoms in total. The van der Waals surface area contributed by atoms with Gasteiger partial charge in [-0.15, -0.1) is 0 Å². The van der Waals surface area contributed by atoms with Crippen LogP contribution in [0.15, 0.2) is 72.8 Å². The van der Waals surface area contributed by atoms with Crippen LogP contribution in [0.25, 0.3) is 0 Å². The summed E-state index contributed by atoms with van der Waals surface area (Å²) in [6, 6.07) is 21.3. The van der Waals surface area contributed by atoms with Gasteiger partial charge in [0.2, 0.25) is 5.91 Å². The van der Waals surface area contributed by atoms with E-state index in [1.165, 1.54) is 23.8 Å². The Morgan fingerprint density at radius 1 is 1.06 bits per heavy atom. The highest BCUT2D eigenvalue weighted by atomic mass is 19.1. The molecule has 0 fully saturated rings. The third-order valence-corrected chi connectivity index (χ3v) is 5.81. The summed E-state index contributed by atoms with van der Waals surface area (Å²) in [6.45, 7) is 2.32. The summed E-state index contributed by atoms with van der Waals surface area (Å²) in [6.07, 6.45) is 2.26. The number of fused-ring (bicyclic) bond motifs is 1. The minimum Gasteiger partial charge on any atom is -0.492 e. The van der Waals surface area contributed by atoms with Crippen molar-refractivity contribution in [3.8, 4) is 5.75 Å². The van der Waals surface area contributed by atoms with Gasteiger partial charge >= 0.3 is 0 Å². The van der Waals surface area contributed by atoms with Gasteiger partial charge in [-0.1, -0.05) is 42.5 Å². The first-order chi connectivity index (χ1) is 16.0. The first-order valence-corrected chi connectivity index (χ1v) is 11.2. The van der Waals surface area contributed by atoms with E-state index in [0.717, 1.165) is 18.4 Å². The van der Waals surface area contributed by atoms with Crippen LogP contribution in [0, 0.1) is 11.7 Å². The van der Waals surface area contributed by atoms with Crippen molar-refractivity contribution in [3.63, 3.8) is 0 Å². The molecule has 6 heteroatoms. The highest BCUT2D eigenvalue weighted by Gasteiger charge is 2.27. The van der Waals surface area contributed by atoms with Crippen LogP contribution < -0.4 is 15.4 Å². The topological polar surface area (TPSA) is 67.4 Å². The van der Waals surface area contributed by atoms with E-state index in [9.17, 15) is 14.0 Å². The first-order valence-electron chi connectivity index (χ1n) is 11.2. The SMILES string of the molecule is C[C@H](CCc1ccccc1)NC(=O)[C@@H]1COc2ccc(NC(=O)c3ccccc3F)cc2C1. The zero-order valence-electron chi connectivity index (χ0n) is 18.5. The molecule has 1 aliphatic rings. The van der Waals surface area contributed by atoms with Crippen LogP contribution in [0.1, 0.15) is 34.8 Å². The van der Waals surface area contributed by atoms with E-state index in [0.29, 0.717) is 24.5 Å². The van der Waals surface area contributed by atoms with E-state index in [-0.39, 0.29) is 23.4 Å². The van der Waals surface area contributed by atoms with Gasteiger partial charge < -0.3 is 15.4 Å². The Morgan fingerprint density at radius 3 is 2.61 bits per heavy atom. The van der Waals surface area contributed by atoms with E-state index in [1.54, 1.807) is 24.3 Å². The van der Waals surface area contributed by atoms with Gasteiger partial charge in [-0.05, 0) is 67.6 Å². The fourth-order valence-corrected chi connectivity index (χ4v) is 3.95. The van der Waals surface area contributed by atoms with E-state index in [2.05, 4.69) is 22.8 Å². The molecular formula is C27H27FN2O3. The first kappa shape index (κ1) is 22.5. The molecule has 2 amide bonds. The Labute approximate surface area is 193 Å². The van der Waals surface area contributed by atoms with Crippen molar-refractivity contribution in [2.45, 2.75) is 32.2 Å². The maximum Gasteiger partial charge on any atom is 0.258 e. The summed E-state index contributed by atoms with van der Waals surface area (Å²) in [4.78, 5) is 25.2. The number of benzene rings is 3. The summed E-state index contributed by atoms with van der Waals surface area (Å²) in [7, 11) is 0. The van der Waals surface area contributed by atoms with Gasteiger partial charge in [0.05, 0.1) is 11.5 Å². The maximum atomic E-state index is 13.9. The number of ether oxygens (including phenoxy) is 1. The second-order valence-electron chi connectivity index (χ2n) is 8.40. The van der Waals surface area contributed by atoms with Crippen LogP contribution in [0.5, 0.6) is 5.75 Å². The van der Waals surface area contributed by atoms with E-state index < -0.39 is 11.7 Å². The van der Waals surface area contributed by atoms with Crippen LogP contribution in [0.2, 0.25) is 0 Å². The maximum absolute atomic E-state index is 13.9. The van der Waals surface area contributed by atoms with Gasteiger partial charge in [0.25, 0.3) is 5.91 Å². The Kier molecular flexibility index (Phi) is 7.03. The molecule has 0 aliphatic carbocycles. The molecule has 2 N–H and O–H groups in total. The number of anilines is 1. The molecule has 0 saturated heterocycles. The lowest BCUT2D eigenvalue weighted by molar-refractivity contribution is -0.126. The van der Waals surface area contributed by atoms with Crippen LogP contribution in [0.3, 0.4) is 0 Å². The Balaban J connectivity index is 1.34. The summed E-state index contributed by atoms with van der Waals surface area (Å²) in [5.41, 5.74) is 2.60. The van der Waals surface area contributed by atoms with Crippen LogP contribution in [-0.2, 0) is 17.6 Å². The normalized spacial score (nSPS) is 15.6. The van der Waals surface area contributed by atoms with Crippen molar-refractivity contribution in [3.05, 3.63) is 95.3 Å². The van der Waals surface area contributed by atoms with Crippen LogP contribution >= 0.6 is 0 Å². The number of amides is 2. The number of hydrogen-bond acceptors (Lipinski definition) is 3. The molecule has 0 radical (unpaired) electrons. The minimum absolute atomic E-state index is 0.0202. The number of nitrogens with one attached hydrogen (secondary N) is 2. The standard InChI is InChI=1S/C27H27FN2O3/c1-18(11-12-19-7-3-2-4-8-19)29-26(31)21-15-20-16-22(13-14-25(20)33-17-21)30-27(32)23-9-5-6-10-24(23)28/h2-10,13-14,16,18,21H,11-12,15,17H2,1H3,(H,29,31)(H,30,32)/t18-,21+/m1/s1. The molecule has 0 bridgehead atoms. The summed E-state index contributed by atoms with van der Waals surface area (Å²) in [5, 5.41) is 5.82. The molecule has 1 heterocycles. The second kappa shape index (κ2) is 10.3. The third kappa shape index (κ3) is 5.77. The molecule has 0 saturated carbocycles. The molecule has 0 aromatic heterocycles. The highest BCUT2D eigenvalue weighted by Crippen LogP contribution is 2.30. The number of aryl methyl sites for hydroxylation is 1. The van der Waals surface area contributed by atoms with Gasteiger partial charge in [-0.2, -0.15) is 0 Å². The molecule has 170 valence electrons. The van der Waals surface area contributed by atoms with Crippen molar-refractivity contribution < 1.29 is 18.7 Å². The van der Waals surface area contributed by atoms with Crippen LogP contribution in [0.4, 0.5) is 10.1 Å². The van der Waals surface area contributed by atoms with Crippen molar-refractivity contribution in [2.75, 3.05) is 11.9 Å². The highest BCUT2D eigenvalue weighted by molar-refractivity contribution is 6.04. The van der Waals surface area contributed by atoms with E-state index >= 15 is 0 Å². The van der Waals surface area contributed by atoms with Crippen molar-refractivity contribution in [1.29, 1.82) is 0 Å². The molecule has 1 aliphatic heterocycles. The number of carbonyl (C=O) groups is 2. The van der Waals surface area contributed by atoms with Crippen molar-refractivity contribution in [2.24, 2.45) is 5.92 Å². The Hall–Kier alpha value is -3.67. The molecule has 3 aromatic carbocycles. The van der Waals surface area contributed by atoms with Gasteiger partial charge in [0.1, 0.15) is 18.2 Å². The number of rotatable bonds is 7. The van der Waals surface area contributed by atoms with Crippen molar-refractivity contribution >= 4 is 17.5 Å². The number of hydrogen-bond donors (Lipinski definition) is 2. The fraction of sp³-hybridized carbons (Fsp3) is 0.259. The lowest BCUT2D eigenvalue weighted by Crippen LogP contribution is -2.41.